The van der Waals surface area contributed by atoms with Crippen LogP contribution < -0.4 is 11.2 Å². The molecule has 0 unspecified atom stereocenters. The van der Waals surface area contributed by atoms with Crippen LogP contribution in [-0.2, 0) is 0 Å². The van der Waals surface area contributed by atoms with E-state index in [1.807, 2.05) is 44.2 Å². The van der Waals surface area contributed by atoms with Crippen LogP contribution in [-0.4, -0.2) is 11.6 Å². The lowest BCUT2D eigenvalue weighted by molar-refractivity contribution is 0.0959. The molecule has 0 atom stereocenters. The van der Waals surface area contributed by atoms with Crippen molar-refractivity contribution in [1.82, 2.24) is 5.43 Å². The Kier molecular flexibility index (Phi) is 4.55. The SMILES string of the molecule is C/C(=N\NC(=O)c1sc2cc(C)ccc2c1Cl)c1ccc(N)cc1. The van der Waals surface area contributed by atoms with Gasteiger partial charge in [-0.2, -0.15) is 5.10 Å². The molecule has 4 nitrogen and oxygen atoms in total. The van der Waals surface area contributed by atoms with Gasteiger partial charge in [-0.15, -0.1) is 11.3 Å². The van der Waals surface area contributed by atoms with E-state index in [2.05, 4.69) is 10.5 Å². The summed E-state index contributed by atoms with van der Waals surface area (Å²) in [5.74, 6) is -0.311. The number of aryl methyl sites for hydroxylation is 1. The average Bonchev–Trinajstić information content (AvgIpc) is 2.89. The van der Waals surface area contributed by atoms with E-state index in [9.17, 15) is 4.79 Å². The van der Waals surface area contributed by atoms with Crippen molar-refractivity contribution in [3.63, 3.8) is 0 Å². The molecule has 122 valence electrons. The summed E-state index contributed by atoms with van der Waals surface area (Å²) in [7, 11) is 0. The molecule has 6 heteroatoms. The molecule has 0 aliphatic heterocycles. The molecule has 0 saturated heterocycles. The molecule has 3 aromatic rings. The summed E-state index contributed by atoms with van der Waals surface area (Å²) >= 11 is 7.71. The third-order valence-electron chi connectivity index (χ3n) is 3.64. The summed E-state index contributed by atoms with van der Waals surface area (Å²) in [5, 5.41) is 5.50. The molecule has 1 amide bonds. The Bertz CT molecular complexity index is 945. The predicted molar refractivity (Wildman–Crippen MR) is 102 cm³/mol. The lowest BCUT2D eigenvalue weighted by atomic mass is 10.1. The molecule has 24 heavy (non-hydrogen) atoms. The Hall–Kier alpha value is -2.37. The minimum atomic E-state index is -0.311. The van der Waals surface area contributed by atoms with E-state index in [0.717, 1.165) is 21.2 Å². The van der Waals surface area contributed by atoms with E-state index in [4.69, 9.17) is 17.3 Å². The fraction of sp³-hybridized carbons (Fsp3) is 0.111. The predicted octanol–water partition coefficient (Wildman–Crippen LogP) is 4.60. The highest BCUT2D eigenvalue weighted by atomic mass is 35.5. The summed E-state index contributed by atoms with van der Waals surface area (Å²) in [5.41, 5.74) is 11.6. The number of thiophene rings is 1. The number of fused-ring (bicyclic) bond motifs is 1. The number of benzene rings is 2. The fourth-order valence-corrected chi connectivity index (χ4v) is 3.80. The molecule has 0 aliphatic carbocycles. The minimum Gasteiger partial charge on any atom is -0.399 e. The normalized spacial score (nSPS) is 11.7. The molecule has 2 aromatic carbocycles. The number of hydrazone groups is 1. The van der Waals surface area contributed by atoms with E-state index in [1.54, 1.807) is 12.1 Å². The van der Waals surface area contributed by atoms with Gasteiger partial charge < -0.3 is 5.73 Å². The first kappa shape index (κ1) is 16.5. The van der Waals surface area contributed by atoms with Gasteiger partial charge in [-0.1, -0.05) is 35.9 Å². The van der Waals surface area contributed by atoms with Crippen LogP contribution in [0.1, 0.15) is 27.7 Å². The Balaban J connectivity index is 1.83. The first-order valence-electron chi connectivity index (χ1n) is 7.35. The second-order valence-electron chi connectivity index (χ2n) is 5.50. The second-order valence-corrected chi connectivity index (χ2v) is 6.94. The van der Waals surface area contributed by atoms with Crippen molar-refractivity contribution >= 4 is 50.3 Å². The zero-order valence-corrected chi connectivity index (χ0v) is 14.8. The maximum absolute atomic E-state index is 12.4. The molecule has 1 heterocycles. The number of carbonyl (C=O) groups excluding carboxylic acids is 1. The molecule has 3 rings (SSSR count). The molecule has 0 radical (unpaired) electrons. The van der Waals surface area contributed by atoms with E-state index in [0.29, 0.717) is 21.3 Å². The number of anilines is 1. The molecule has 3 N–H and O–H groups in total. The van der Waals surface area contributed by atoms with Gasteiger partial charge in [-0.3, -0.25) is 4.79 Å². The number of hydrogen-bond acceptors (Lipinski definition) is 4. The van der Waals surface area contributed by atoms with E-state index in [1.165, 1.54) is 11.3 Å². The number of nitrogens with two attached hydrogens (primary N) is 1. The van der Waals surface area contributed by atoms with Crippen molar-refractivity contribution in [2.75, 3.05) is 5.73 Å². The first-order valence-corrected chi connectivity index (χ1v) is 8.54. The summed E-state index contributed by atoms with van der Waals surface area (Å²) in [6, 6.07) is 13.2. The van der Waals surface area contributed by atoms with Crippen molar-refractivity contribution in [2.45, 2.75) is 13.8 Å². The monoisotopic (exact) mass is 357 g/mol. The molecular weight excluding hydrogens is 342 g/mol. The topological polar surface area (TPSA) is 67.5 Å². The summed E-state index contributed by atoms with van der Waals surface area (Å²) in [4.78, 5) is 12.9. The average molecular weight is 358 g/mol. The highest BCUT2D eigenvalue weighted by Crippen LogP contribution is 2.35. The highest BCUT2D eigenvalue weighted by Gasteiger charge is 2.17. The third-order valence-corrected chi connectivity index (χ3v) is 5.30. The van der Waals surface area contributed by atoms with Gasteiger partial charge in [0.2, 0.25) is 0 Å². The molecular formula is C18H16ClN3OS. The van der Waals surface area contributed by atoms with Crippen molar-refractivity contribution < 1.29 is 4.79 Å². The van der Waals surface area contributed by atoms with Crippen LogP contribution in [0.3, 0.4) is 0 Å². The molecule has 0 bridgehead atoms. The Morgan fingerprint density at radius 3 is 2.62 bits per heavy atom. The van der Waals surface area contributed by atoms with Crippen LogP contribution in [0.2, 0.25) is 5.02 Å². The first-order chi connectivity index (χ1) is 11.5. The van der Waals surface area contributed by atoms with Crippen LogP contribution in [0, 0.1) is 6.92 Å². The maximum Gasteiger partial charge on any atom is 0.283 e. The summed E-state index contributed by atoms with van der Waals surface area (Å²) < 4.78 is 0.990. The standard InChI is InChI=1S/C18H16ClN3OS/c1-10-3-8-14-15(9-10)24-17(16(14)19)18(23)22-21-11(2)12-4-6-13(20)7-5-12/h3-9H,20H2,1-2H3,(H,22,23)/b21-11+. The van der Waals surface area contributed by atoms with Crippen molar-refractivity contribution in [1.29, 1.82) is 0 Å². The lowest BCUT2D eigenvalue weighted by Gasteiger charge is -2.02. The van der Waals surface area contributed by atoms with Gasteiger partial charge in [-0.25, -0.2) is 5.43 Å². The number of rotatable bonds is 3. The lowest BCUT2D eigenvalue weighted by Crippen LogP contribution is -2.18. The Morgan fingerprint density at radius 2 is 1.92 bits per heavy atom. The number of carbonyl (C=O) groups is 1. The van der Waals surface area contributed by atoms with Crippen molar-refractivity contribution in [3.05, 3.63) is 63.5 Å². The van der Waals surface area contributed by atoms with Gasteiger partial charge in [0.05, 0.1) is 10.7 Å². The minimum absolute atomic E-state index is 0.311. The van der Waals surface area contributed by atoms with Gasteiger partial charge in [-0.05, 0) is 43.2 Å². The zero-order valence-electron chi connectivity index (χ0n) is 13.3. The van der Waals surface area contributed by atoms with Crippen LogP contribution >= 0.6 is 22.9 Å². The smallest absolute Gasteiger partial charge is 0.283 e. The number of amides is 1. The fourth-order valence-electron chi connectivity index (χ4n) is 2.29. The molecule has 0 spiro atoms. The van der Waals surface area contributed by atoms with Crippen LogP contribution in [0.25, 0.3) is 10.1 Å². The molecule has 0 saturated carbocycles. The van der Waals surface area contributed by atoms with E-state index < -0.39 is 0 Å². The van der Waals surface area contributed by atoms with Gasteiger partial charge in [0.15, 0.2) is 0 Å². The van der Waals surface area contributed by atoms with Crippen LogP contribution in [0.4, 0.5) is 5.69 Å². The summed E-state index contributed by atoms with van der Waals surface area (Å²) in [6.07, 6.45) is 0. The molecule has 0 aliphatic rings. The Morgan fingerprint density at radius 1 is 1.21 bits per heavy atom. The third kappa shape index (κ3) is 3.27. The van der Waals surface area contributed by atoms with E-state index in [-0.39, 0.29) is 5.91 Å². The quantitative estimate of drug-likeness (QED) is 0.408. The van der Waals surface area contributed by atoms with Crippen molar-refractivity contribution in [3.8, 4) is 0 Å². The number of nitrogens with zero attached hydrogens (tertiary/aromatic N) is 1. The van der Waals surface area contributed by atoms with Gasteiger partial charge in [0.25, 0.3) is 5.91 Å². The van der Waals surface area contributed by atoms with Crippen LogP contribution in [0.15, 0.2) is 47.6 Å². The maximum atomic E-state index is 12.4. The van der Waals surface area contributed by atoms with Gasteiger partial charge >= 0.3 is 0 Å². The number of nitrogens with one attached hydrogen (secondary N) is 1. The van der Waals surface area contributed by atoms with Gasteiger partial charge in [0, 0.05) is 15.8 Å². The number of hydrogen-bond donors (Lipinski definition) is 2. The number of halogens is 1. The number of nitrogen functional groups attached to an aromatic ring is 1. The van der Waals surface area contributed by atoms with Crippen LogP contribution in [0.5, 0.6) is 0 Å². The second kappa shape index (κ2) is 6.63. The highest BCUT2D eigenvalue weighted by molar-refractivity contribution is 7.21. The van der Waals surface area contributed by atoms with Gasteiger partial charge in [0.1, 0.15) is 4.88 Å². The molecule has 1 aromatic heterocycles. The van der Waals surface area contributed by atoms with E-state index >= 15 is 0 Å². The molecule has 0 fully saturated rings. The zero-order chi connectivity index (χ0) is 17.3. The Labute approximate surface area is 148 Å². The van der Waals surface area contributed by atoms with Crippen molar-refractivity contribution in [2.24, 2.45) is 5.10 Å². The summed E-state index contributed by atoms with van der Waals surface area (Å²) in [6.45, 7) is 3.83. The largest absolute Gasteiger partial charge is 0.399 e.